The predicted molar refractivity (Wildman–Crippen MR) is 99.6 cm³/mol. The Hall–Kier alpha value is -2.89. The van der Waals surface area contributed by atoms with Gasteiger partial charge in [0.15, 0.2) is 0 Å². The second-order valence-corrected chi connectivity index (χ2v) is 6.71. The lowest BCUT2D eigenvalue weighted by atomic mass is 10.1. The first kappa shape index (κ1) is 16.6. The van der Waals surface area contributed by atoms with E-state index >= 15 is 0 Å². The molecule has 1 unspecified atom stereocenters. The molecule has 1 atom stereocenters. The summed E-state index contributed by atoms with van der Waals surface area (Å²) in [6.45, 7) is 6.20. The normalized spacial score (nSPS) is 14.7. The highest BCUT2D eigenvalue weighted by Crippen LogP contribution is 2.30. The van der Waals surface area contributed by atoms with Crippen molar-refractivity contribution in [3.8, 4) is 0 Å². The summed E-state index contributed by atoms with van der Waals surface area (Å²) in [6.07, 6.45) is 2.78. The molecule has 0 spiro atoms. The van der Waals surface area contributed by atoms with E-state index in [4.69, 9.17) is 4.42 Å². The van der Waals surface area contributed by atoms with Gasteiger partial charge in [-0.05, 0) is 38.3 Å². The van der Waals surface area contributed by atoms with E-state index in [-0.39, 0.29) is 11.5 Å². The molecule has 1 aliphatic heterocycles. The molecule has 1 aromatic carbocycles. The number of furan rings is 1. The Morgan fingerprint density at radius 3 is 2.85 bits per heavy atom. The standard InChI is InChI=1S/C20H21N3O3/c1-4-15(19(24)22-10-9-14-7-5-6-8-16(14)22)23-11-21-18-17(20(23)25)12(2)13(3)26-18/h5-8,11,15H,4,9-10H2,1-3H3. The van der Waals surface area contributed by atoms with Crippen LogP contribution in [0.3, 0.4) is 0 Å². The molecule has 0 fully saturated rings. The summed E-state index contributed by atoms with van der Waals surface area (Å²) in [5.74, 6) is 0.605. The fourth-order valence-electron chi connectivity index (χ4n) is 3.71. The molecule has 0 saturated carbocycles. The van der Waals surface area contributed by atoms with Gasteiger partial charge >= 0.3 is 0 Å². The lowest BCUT2D eigenvalue weighted by molar-refractivity contribution is -0.121. The molecule has 6 nitrogen and oxygen atoms in total. The summed E-state index contributed by atoms with van der Waals surface area (Å²) in [5, 5.41) is 0.457. The molecule has 0 bridgehead atoms. The molecule has 0 aliphatic carbocycles. The van der Waals surface area contributed by atoms with Crippen LogP contribution in [0.4, 0.5) is 5.69 Å². The van der Waals surface area contributed by atoms with Crippen LogP contribution in [-0.2, 0) is 11.2 Å². The van der Waals surface area contributed by atoms with E-state index in [1.807, 2.05) is 45.0 Å². The Labute approximate surface area is 151 Å². The molecule has 6 heteroatoms. The third kappa shape index (κ3) is 2.36. The first-order valence-electron chi connectivity index (χ1n) is 8.89. The van der Waals surface area contributed by atoms with Gasteiger partial charge in [-0.3, -0.25) is 14.2 Å². The average Bonchev–Trinajstić information content (AvgIpc) is 3.19. The molecular weight excluding hydrogens is 330 g/mol. The number of benzene rings is 1. The van der Waals surface area contributed by atoms with Crippen molar-refractivity contribution >= 4 is 22.7 Å². The number of nitrogens with zero attached hydrogens (tertiary/aromatic N) is 3. The molecular formula is C20H21N3O3. The molecule has 3 aromatic rings. The Balaban J connectivity index is 1.78. The minimum Gasteiger partial charge on any atom is -0.443 e. The monoisotopic (exact) mass is 351 g/mol. The molecule has 2 aromatic heterocycles. The zero-order valence-corrected chi connectivity index (χ0v) is 15.2. The summed E-state index contributed by atoms with van der Waals surface area (Å²) < 4.78 is 6.99. The SMILES string of the molecule is CCC(C(=O)N1CCc2ccccc21)n1cnc2oc(C)c(C)c2c1=O. The topological polar surface area (TPSA) is 68.3 Å². The second kappa shape index (κ2) is 6.12. The third-order valence-corrected chi connectivity index (χ3v) is 5.28. The number of hydrogen-bond donors (Lipinski definition) is 0. The largest absolute Gasteiger partial charge is 0.443 e. The molecule has 4 rings (SSSR count). The van der Waals surface area contributed by atoms with E-state index in [0.717, 1.165) is 23.2 Å². The minimum atomic E-state index is -0.583. The average molecular weight is 351 g/mol. The van der Waals surface area contributed by atoms with Gasteiger partial charge in [-0.2, -0.15) is 0 Å². The van der Waals surface area contributed by atoms with Crippen molar-refractivity contribution < 1.29 is 9.21 Å². The predicted octanol–water partition coefficient (Wildman–Crippen LogP) is 3.15. The highest BCUT2D eigenvalue weighted by Gasteiger charge is 2.31. The van der Waals surface area contributed by atoms with E-state index in [9.17, 15) is 9.59 Å². The summed E-state index contributed by atoms with van der Waals surface area (Å²) >= 11 is 0. The zero-order chi connectivity index (χ0) is 18.4. The smallest absolute Gasteiger partial charge is 0.265 e. The fraction of sp³-hybridized carbons (Fsp3) is 0.350. The van der Waals surface area contributed by atoms with Gasteiger partial charge in [0.1, 0.15) is 23.5 Å². The highest BCUT2D eigenvalue weighted by atomic mass is 16.3. The van der Waals surface area contributed by atoms with Crippen molar-refractivity contribution in [3.63, 3.8) is 0 Å². The third-order valence-electron chi connectivity index (χ3n) is 5.28. The van der Waals surface area contributed by atoms with Crippen molar-refractivity contribution in [1.29, 1.82) is 0 Å². The summed E-state index contributed by atoms with van der Waals surface area (Å²) in [7, 11) is 0. The molecule has 0 N–H and O–H groups in total. The van der Waals surface area contributed by atoms with Gasteiger partial charge in [-0.15, -0.1) is 0 Å². The van der Waals surface area contributed by atoms with Crippen molar-refractivity contribution in [2.45, 2.75) is 39.7 Å². The molecule has 26 heavy (non-hydrogen) atoms. The van der Waals surface area contributed by atoms with Crippen LogP contribution in [0, 0.1) is 13.8 Å². The number of hydrogen-bond acceptors (Lipinski definition) is 4. The molecule has 1 aliphatic rings. The lowest BCUT2D eigenvalue weighted by Gasteiger charge is -2.24. The summed E-state index contributed by atoms with van der Waals surface area (Å²) in [5.41, 5.74) is 2.99. The van der Waals surface area contributed by atoms with Crippen LogP contribution >= 0.6 is 0 Å². The van der Waals surface area contributed by atoms with Crippen LogP contribution in [0.5, 0.6) is 0 Å². The molecule has 134 valence electrons. The number of fused-ring (bicyclic) bond motifs is 2. The quantitative estimate of drug-likeness (QED) is 0.727. The maximum Gasteiger partial charge on any atom is 0.265 e. The Morgan fingerprint density at radius 2 is 2.08 bits per heavy atom. The molecule has 0 saturated heterocycles. The maximum absolute atomic E-state index is 13.2. The number of carbonyl (C=O) groups is 1. The van der Waals surface area contributed by atoms with Crippen LogP contribution < -0.4 is 10.5 Å². The number of amides is 1. The second-order valence-electron chi connectivity index (χ2n) is 6.71. The summed E-state index contributed by atoms with van der Waals surface area (Å²) in [6, 6.07) is 7.33. The lowest BCUT2D eigenvalue weighted by Crippen LogP contribution is -2.39. The van der Waals surface area contributed by atoms with Crippen LogP contribution in [0.15, 0.2) is 39.8 Å². The van der Waals surface area contributed by atoms with Crippen molar-refractivity contribution in [1.82, 2.24) is 9.55 Å². The van der Waals surface area contributed by atoms with Crippen LogP contribution in [0.1, 0.15) is 36.3 Å². The fourth-order valence-corrected chi connectivity index (χ4v) is 3.71. The van der Waals surface area contributed by atoms with E-state index < -0.39 is 6.04 Å². The number of para-hydroxylation sites is 1. The summed E-state index contributed by atoms with van der Waals surface area (Å²) in [4.78, 5) is 32.3. The Morgan fingerprint density at radius 1 is 1.31 bits per heavy atom. The van der Waals surface area contributed by atoms with Crippen LogP contribution in [0.2, 0.25) is 0 Å². The van der Waals surface area contributed by atoms with Gasteiger partial charge in [0.2, 0.25) is 11.6 Å². The Kier molecular flexibility index (Phi) is 3.90. The van der Waals surface area contributed by atoms with Gasteiger partial charge in [0.05, 0.1) is 0 Å². The van der Waals surface area contributed by atoms with Gasteiger partial charge in [0, 0.05) is 17.8 Å². The van der Waals surface area contributed by atoms with E-state index in [2.05, 4.69) is 4.98 Å². The van der Waals surface area contributed by atoms with Crippen LogP contribution in [-0.4, -0.2) is 22.0 Å². The van der Waals surface area contributed by atoms with Gasteiger partial charge in [-0.25, -0.2) is 4.98 Å². The number of aromatic nitrogens is 2. The molecule has 0 radical (unpaired) electrons. The van der Waals surface area contributed by atoms with Crippen molar-refractivity contribution in [2.24, 2.45) is 0 Å². The van der Waals surface area contributed by atoms with Crippen molar-refractivity contribution in [2.75, 3.05) is 11.4 Å². The number of anilines is 1. The first-order chi connectivity index (χ1) is 12.5. The number of rotatable bonds is 3. The zero-order valence-electron chi connectivity index (χ0n) is 15.2. The number of aryl methyl sites for hydroxylation is 2. The maximum atomic E-state index is 13.2. The van der Waals surface area contributed by atoms with Gasteiger partial charge < -0.3 is 9.32 Å². The van der Waals surface area contributed by atoms with Gasteiger partial charge in [0.25, 0.3) is 5.56 Å². The first-order valence-corrected chi connectivity index (χ1v) is 8.89. The number of carbonyl (C=O) groups excluding carboxylic acids is 1. The van der Waals surface area contributed by atoms with E-state index in [1.165, 1.54) is 10.9 Å². The molecule has 1 amide bonds. The Bertz CT molecular complexity index is 1060. The highest BCUT2D eigenvalue weighted by molar-refractivity contribution is 5.98. The van der Waals surface area contributed by atoms with E-state index in [0.29, 0.717) is 29.8 Å². The van der Waals surface area contributed by atoms with Crippen LogP contribution in [0.25, 0.3) is 11.1 Å². The molecule has 3 heterocycles. The van der Waals surface area contributed by atoms with Crippen molar-refractivity contribution in [3.05, 3.63) is 57.8 Å². The minimum absolute atomic E-state index is 0.0708. The van der Waals surface area contributed by atoms with E-state index in [1.54, 1.807) is 4.90 Å². The van der Waals surface area contributed by atoms with Gasteiger partial charge in [-0.1, -0.05) is 25.1 Å².